The topological polar surface area (TPSA) is 75.5 Å². The van der Waals surface area contributed by atoms with E-state index in [1.807, 2.05) is 6.92 Å². The lowest BCUT2D eigenvalue weighted by molar-refractivity contribution is -0.384. The number of likely N-dealkylation sites (tertiary alicyclic amines) is 1. The van der Waals surface area contributed by atoms with Crippen LogP contribution in [0.15, 0.2) is 18.2 Å². The van der Waals surface area contributed by atoms with Gasteiger partial charge >= 0.3 is 0 Å². The number of carbonyl (C=O) groups is 1. The molecule has 1 aliphatic rings. The van der Waals surface area contributed by atoms with E-state index in [0.29, 0.717) is 5.69 Å². The first kappa shape index (κ1) is 17.7. The van der Waals surface area contributed by atoms with Gasteiger partial charge in [-0.05, 0) is 38.9 Å². The molecule has 126 valence electrons. The van der Waals surface area contributed by atoms with Crippen LogP contribution in [0.1, 0.15) is 39.0 Å². The number of amides is 1. The smallest absolute Gasteiger partial charge is 0.271 e. The third-order valence-corrected chi connectivity index (χ3v) is 4.55. The SMILES string of the molecule is CC(C(=O)Nc1ccc([N+](=O)[O-])cc1Cl)N1CCCCCCC1. The predicted molar refractivity (Wildman–Crippen MR) is 90.9 cm³/mol. The van der Waals surface area contributed by atoms with Crippen molar-refractivity contribution in [1.29, 1.82) is 0 Å². The van der Waals surface area contributed by atoms with Crippen molar-refractivity contribution in [2.45, 2.75) is 45.1 Å². The number of nitrogens with one attached hydrogen (secondary N) is 1. The molecule has 1 aromatic carbocycles. The van der Waals surface area contributed by atoms with Gasteiger partial charge in [-0.15, -0.1) is 0 Å². The average Bonchev–Trinajstić information content (AvgIpc) is 2.48. The van der Waals surface area contributed by atoms with Crippen molar-refractivity contribution in [1.82, 2.24) is 4.90 Å². The Morgan fingerprint density at radius 2 is 1.87 bits per heavy atom. The summed E-state index contributed by atoms with van der Waals surface area (Å²) in [5.74, 6) is -0.138. The van der Waals surface area contributed by atoms with Gasteiger partial charge in [0, 0.05) is 12.1 Å². The minimum Gasteiger partial charge on any atom is -0.323 e. The van der Waals surface area contributed by atoms with Crippen LogP contribution < -0.4 is 5.32 Å². The van der Waals surface area contributed by atoms with E-state index in [2.05, 4.69) is 10.2 Å². The lowest BCUT2D eigenvalue weighted by Crippen LogP contribution is -2.43. The number of hydrogen-bond donors (Lipinski definition) is 1. The van der Waals surface area contributed by atoms with Crippen molar-refractivity contribution < 1.29 is 9.72 Å². The zero-order valence-electron chi connectivity index (χ0n) is 13.3. The van der Waals surface area contributed by atoms with Gasteiger partial charge in [0.2, 0.25) is 5.91 Å². The van der Waals surface area contributed by atoms with E-state index in [1.165, 1.54) is 37.5 Å². The van der Waals surface area contributed by atoms with Crippen molar-refractivity contribution in [3.05, 3.63) is 33.3 Å². The highest BCUT2D eigenvalue weighted by molar-refractivity contribution is 6.34. The molecule has 0 radical (unpaired) electrons. The third-order valence-electron chi connectivity index (χ3n) is 4.24. The van der Waals surface area contributed by atoms with E-state index < -0.39 is 4.92 Å². The van der Waals surface area contributed by atoms with E-state index in [1.54, 1.807) is 0 Å². The Balaban J connectivity index is 2.01. The van der Waals surface area contributed by atoms with Crippen LogP contribution in [0, 0.1) is 10.1 Å². The monoisotopic (exact) mass is 339 g/mol. The van der Waals surface area contributed by atoms with Gasteiger partial charge in [-0.3, -0.25) is 19.8 Å². The Hall–Kier alpha value is -1.66. The summed E-state index contributed by atoms with van der Waals surface area (Å²) < 4.78 is 0. The first-order valence-electron chi connectivity index (χ1n) is 7.98. The second-order valence-electron chi connectivity index (χ2n) is 5.89. The normalized spacial score (nSPS) is 17.8. The Bertz CT molecular complexity index is 572. The van der Waals surface area contributed by atoms with Gasteiger partial charge in [-0.25, -0.2) is 0 Å². The first-order chi connectivity index (χ1) is 11.0. The number of hydrogen-bond acceptors (Lipinski definition) is 4. The molecule has 1 amide bonds. The van der Waals surface area contributed by atoms with Crippen molar-refractivity contribution in [3.8, 4) is 0 Å². The maximum absolute atomic E-state index is 12.4. The van der Waals surface area contributed by atoms with Crippen LogP contribution in [0.2, 0.25) is 5.02 Å². The van der Waals surface area contributed by atoms with Gasteiger partial charge in [-0.1, -0.05) is 30.9 Å². The molecular weight excluding hydrogens is 318 g/mol. The zero-order valence-corrected chi connectivity index (χ0v) is 14.0. The van der Waals surface area contributed by atoms with Gasteiger partial charge in [0.1, 0.15) is 0 Å². The number of nitrogens with zero attached hydrogens (tertiary/aromatic N) is 2. The summed E-state index contributed by atoms with van der Waals surface area (Å²) in [6.45, 7) is 3.72. The number of nitro groups is 1. The first-order valence-corrected chi connectivity index (χ1v) is 8.35. The van der Waals surface area contributed by atoms with Crippen LogP contribution in [-0.4, -0.2) is 34.9 Å². The second kappa shape index (κ2) is 8.26. The van der Waals surface area contributed by atoms with E-state index in [4.69, 9.17) is 11.6 Å². The van der Waals surface area contributed by atoms with Crippen LogP contribution in [-0.2, 0) is 4.79 Å². The van der Waals surface area contributed by atoms with E-state index in [0.717, 1.165) is 25.9 Å². The Labute approximate surface area is 141 Å². The minimum absolute atomic E-state index is 0.0928. The number of rotatable bonds is 4. The summed E-state index contributed by atoms with van der Waals surface area (Å²) in [4.78, 5) is 24.8. The highest BCUT2D eigenvalue weighted by Gasteiger charge is 2.22. The molecule has 0 saturated carbocycles. The molecule has 7 heteroatoms. The van der Waals surface area contributed by atoms with Crippen LogP contribution in [0.4, 0.5) is 11.4 Å². The maximum atomic E-state index is 12.4. The van der Waals surface area contributed by atoms with Gasteiger partial charge in [0.15, 0.2) is 0 Å². The highest BCUT2D eigenvalue weighted by Crippen LogP contribution is 2.27. The molecule has 6 nitrogen and oxygen atoms in total. The molecule has 0 aliphatic carbocycles. The molecule has 1 N–H and O–H groups in total. The molecule has 1 heterocycles. The van der Waals surface area contributed by atoms with E-state index >= 15 is 0 Å². The van der Waals surface area contributed by atoms with E-state index in [9.17, 15) is 14.9 Å². The summed E-state index contributed by atoms with van der Waals surface area (Å²) in [6.07, 6.45) is 5.90. The average molecular weight is 340 g/mol. The summed E-state index contributed by atoms with van der Waals surface area (Å²) in [6, 6.07) is 3.80. The van der Waals surface area contributed by atoms with E-state index in [-0.39, 0.29) is 22.7 Å². The summed E-state index contributed by atoms with van der Waals surface area (Å²) in [5.41, 5.74) is 0.311. The summed E-state index contributed by atoms with van der Waals surface area (Å²) in [7, 11) is 0. The Morgan fingerprint density at radius 1 is 1.26 bits per heavy atom. The van der Waals surface area contributed by atoms with Crippen LogP contribution in [0.5, 0.6) is 0 Å². The van der Waals surface area contributed by atoms with Gasteiger partial charge < -0.3 is 5.32 Å². The zero-order chi connectivity index (χ0) is 16.8. The van der Waals surface area contributed by atoms with Crippen LogP contribution in [0.25, 0.3) is 0 Å². The molecule has 0 bridgehead atoms. The van der Waals surface area contributed by atoms with Crippen molar-refractivity contribution in [2.75, 3.05) is 18.4 Å². The molecule has 1 atom stereocenters. The molecule has 1 saturated heterocycles. The molecule has 1 aliphatic heterocycles. The molecule has 0 aromatic heterocycles. The number of halogens is 1. The number of nitro benzene ring substituents is 1. The van der Waals surface area contributed by atoms with Gasteiger partial charge in [0.05, 0.1) is 21.7 Å². The summed E-state index contributed by atoms with van der Waals surface area (Å²) in [5, 5.41) is 13.7. The highest BCUT2D eigenvalue weighted by atomic mass is 35.5. The van der Waals surface area contributed by atoms with Crippen LogP contribution in [0.3, 0.4) is 0 Å². The number of non-ortho nitro benzene ring substituents is 1. The molecule has 1 unspecified atom stereocenters. The fourth-order valence-electron chi connectivity index (χ4n) is 2.78. The quantitative estimate of drug-likeness (QED) is 0.668. The summed E-state index contributed by atoms with van der Waals surface area (Å²) >= 11 is 6.02. The minimum atomic E-state index is -0.514. The molecular formula is C16H22ClN3O3. The number of benzene rings is 1. The number of anilines is 1. The molecule has 2 rings (SSSR count). The van der Waals surface area contributed by atoms with Crippen molar-refractivity contribution in [3.63, 3.8) is 0 Å². The molecule has 0 spiro atoms. The largest absolute Gasteiger partial charge is 0.323 e. The third kappa shape index (κ3) is 4.91. The van der Waals surface area contributed by atoms with Gasteiger partial charge in [-0.2, -0.15) is 0 Å². The predicted octanol–water partition coefficient (Wildman–Crippen LogP) is 3.84. The standard InChI is InChI=1S/C16H22ClN3O3/c1-12(19-9-5-3-2-4-6-10-19)16(21)18-15-8-7-13(20(22)23)11-14(15)17/h7-8,11-12H,2-6,9-10H2,1H3,(H,18,21). The number of carbonyl (C=O) groups excluding carboxylic acids is 1. The van der Waals surface area contributed by atoms with Crippen molar-refractivity contribution >= 4 is 28.9 Å². The second-order valence-corrected chi connectivity index (χ2v) is 6.30. The molecule has 1 fully saturated rings. The lowest BCUT2D eigenvalue weighted by Gasteiger charge is -2.29. The molecule has 23 heavy (non-hydrogen) atoms. The van der Waals surface area contributed by atoms with Gasteiger partial charge in [0.25, 0.3) is 5.69 Å². The fourth-order valence-corrected chi connectivity index (χ4v) is 3.00. The van der Waals surface area contributed by atoms with Crippen molar-refractivity contribution in [2.24, 2.45) is 0 Å². The Kier molecular flexibility index (Phi) is 6.36. The maximum Gasteiger partial charge on any atom is 0.271 e. The molecule has 1 aromatic rings. The Morgan fingerprint density at radius 3 is 2.43 bits per heavy atom. The lowest BCUT2D eigenvalue weighted by atomic mass is 10.1. The fraction of sp³-hybridized carbons (Fsp3) is 0.562. The van der Waals surface area contributed by atoms with Crippen LogP contribution >= 0.6 is 11.6 Å².